The summed E-state index contributed by atoms with van der Waals surface area (Å²) in [7, 11) is 0. The Hall–Kier alpha value is -1.46. The molecule has 1 heterocycles. The molecular formula is C17H21NO3. The quantitative estimate of drug-likeness (QED) is 0.793. The fourth-order valence-electron chi connectivity index (χ4n) is 3.23. The average Bonchev–Trinajstić information content (AvgIpc) is 2.86. The van der Waals surface area contributed by atoms with Gasteiger partial charge in [0.2, 0.25) is 0 Å². The number of aliphatic hydroxyl groups is 3. The molecule has 0 aromatic heterocycles. The van der Waals surface area contributed by atoms with Crippen LogP contribution in [0, 0.1) is 0 Å². The van der Waals surface area contributed by atoms with Crippen molar-refractivity contribution >= 4 is 10.8 Å². The zero-order valence-electron chi connectivity index (χ0n) is 11.9. The fraction of sp³-hybridized carbons (Fsp3) is 0.412. The van der Waals surface area contributed by atoms with E-state index in [-0.39, 0.29) is 12.6 Å². The standard InChI is InChI=1S/C17H21NO3/c19-11-13-8-14(20)9-18(13)10-17(21)16-7-3-5-12-4-1-2-6-15(12)16/h1-7,13-14,17,19-21H,8-11H2/t13-,14-,17-/m0/s1. The molecular weight excluding hydrogens is 266 g/mol. The van der Waals surface area contributed by atoms with Crippen LogP contribution in [0.25, 0.3) is 10.8 Å². The summed E-state index contributed by atoms with van der Waals surface area (Å²) in [6.07, 6.45) is -0.476. The van der Waals surface area contributed by atoms with Crippen LogP contribution in [0.3, 0.4) is 0 Å². The van der Waals surface area contributed by atoms with Gasteiger partial charge in [-0.1, -0.05) is 42.5 Å². The monoisotopic (exact) mass is 287 g/mol. The van der Waals surface area contributed by atoms with Gasteiger partial charge in [0.15, 0.2) is 0 Å². The molecule has 1 aliphatic rings. The minimum Gasteiger partial charge on any atom is -0.395 e. The molecule has 0 spiro atoms. The maximum Gasteiger partial charge on any atom is 0.0923 e. The lowest BCUT2D eigenvalue weighted by Gasteiger charge is -2.25. The summed E-state index contributed by atoms with van der Waals surface area (Å²) >= 11 is 0. The Balaban J connectivity index is 1.82. The SMILES string of the molecule is OC[C@@H]1C[C@H](O)CN1C[C@H](O)c1cccc2ccccc12. The minimum atomic E-state index is -0.629. The van der Waals surface area contributed by atoms with Crippen molar-refractivity contribution in [2.24, 2.45) is 0 Å². The van der Waals surface area contributed by atoms with Gasteiger partial charge in [-0.25, -0.2) is 0 Å². The fourth-order valence-corrected chi connectivity index (χ4v) is 3.23. The Morgan fingerprint density at radius 1 is 1.14 bits per heavy atom. The van der Waals surface area contributed by atoms with Gasteiger partial charge in [0.05, 0.1) is 18.8 Å². The van der Waals surface area contributed by atoms with E-state index in [1.165, 1.54) is 0 Å². The van der Waals surface area contributed by atoms with Crippen LogP contribution in [0.4, 0.5) is 0 Å². The topological polar surface area (TPSA) is 63.9 Å². The molecule has 0 saturated carbocycles. The van der Waals surface area contributed by atoms with Crippen molar-refractivity contribution in [3.05, 3.63) is 48.0 Å². The van der Waals surface area contributed by atoms with Crippen molar-refractivity contribution < 1.29 is 15.3 Å². The zero-order chi connectivity index (χ0) is 14.8. The molecule has 4 heteroatoms. The van der Waals surface area contributed by atoms with E-state index in [0.29, 0.717) is 19.5 Å². The number of rotatable bonds is 4. The molecule has 2 aromatic carbocycles. The normalized spacial score (nSPS) is 24.5. The van der Waals surface area contributed by atoms with E-state index >= 15 is 0 Å². The molecule has 0 aliphatic carbocycles. The number of hydrogen-bond donors (Lipinski definition) is 3. The zero-order valence-corrected chi connectivity index (χ0v) is 11.9. The third-order valence-electron chi connectivity index (χ3n) is 4.31. The lowest BCUT2D eigenvalue weighted by molar-refractivity contribution is 0.0825. The van der Waals surface area contributed by atoms with Crippen LogP contribution < -0.4 is 0 Å². The van der Waals surface area contributed by atoms with E-state index in [9.17, 15) is 15.3 Å². The molecule has 112 valence electrons. The molecule has 1 fully saturated rings. The highest BCUT2D eigenvalue weighted by atomic mass is 16.3. The number of aliphatic hydroxyl groups excluding tert-OH is 3. The summed E-state index contributed by atoms with van der Waals surface area (Å²) in [6, 6.07) is 13.8. The van der Waals surface area contributed by atoms with Gasteiger partial charge < -0.3 is 15.3 Å². The van der Waals surface area contributed by atoms with Crippen molar-refractivity contribution in [1.29, 1.82) is 0 Å². The van der Waals surface area contributed by atoms with Crippen LogP contribution >= 0.6 is 0 Å². The molecule has 1 saturated heterocycles. The first-order chi connectivity index (χ1) is 10.2. The Morgan fingerprint density at radius 3 is 2.71 bits per heavy atom. The maximum absolute atomic E-state index is 10.6. The van der Waals surface area contributed by atoms with Crippen molar-refractivity contribution in [2.45, 2.75) is 24.7 Å². The number of nitrogens with zero attached hydrogens (tertiary/aromatic N) is 1. The molecule has 1 aliphatic heterocycles. The Labute approximate surface area is 124 Å². The summed E-state index contributed by atoms with van der Waals surface area (Å²) in [5.74, 6) is 0. The molecule has 3 atom stereocenters. The van der Waals surface area contributed by atoms with Gasteiger partial charge in [0.25, 0.3) is 0 Å². The lowest BCUT2D eigenvalue weighted by Crippen LogP contribution is -2.35. The predicted octanol–water partition coefficient (Wildman–Crippen LogP) is 1.30. The van der Waals surface area contributed by atoms with Crippen LogP contribution in [0.5, 0.6) is 0 Å². The van der Waals surface area contributed by atoms with E-state index in [1.54, 1.807) is 0 Å². The first kappa shape index (κ1) is 14.5. The van der Waals surface area contributed by atoms with Gasteiger partial charge in [-0.15, -0.1) is 0 Å². The maximum atomic E-state index is 10.6. The van der Waals surface area contributed by atoms with Crippen molar-refractivity contribution in [1.82, 2.24) is 4.90 Å². The molecule has 2 aromatic rings. The van der Waals surface area contributed by atoms with E-state index in [2.05, 4.69) is 0 Å². The molecule has 3 N–H and O–H groups in total. The molecule has 21 heavy (non-hydrogen) atoms. The number of hydrogen-bond acceptors (Lipinski definition) is 4. The van der Waals surface area contributed by atoms with Crippen LogP contribution in [0.2, 0.25) is 0 Å². The highest BCUT2D eigenvalue weighted by molar-refractivity contribution is 5.85. The van der Waals surface area contributed by atoms with Crippen LogP contribution in [-0.2, 0) is 0 Å². The Bertz CT molecular complexity index is 611. The highest BCUT2D eigenvalue weighted by Crippen LogP contribution is 2.27. The van der Waals surface area contributed by atoms with Gasteiger partial charge >= 0.3 is 0 Å². The minimum absolute atomic E-state index is 0.0132. The van der Waals surface area contributed by atoms with Gasteiger partial charge in [0, 0.05) is 19.1 Å². The lowest BCUT2D eigenvalue weighted by atomic mass is 10.00. The number of benzene rings is 2. The van der Waals surface area contributed by atoms with Crippen molar-refractivity contribution in [2.75, 3.05) is 19.7 Å². The van der Waals surface area contributed by atoms with Crippen LogP contribution in [0.15, 0.2) is 42.5 Å². The number of fused-ring (bicyclic) bond motifs is 1. The van der Waals surface area contributed by atoms with Crippen molar-refractivity contribution in [3.8, 4) is 0 Å². The number of β-amino-alcohol motifs (C(OH)–C–C–N with tert-alkyl or cyclic N) is 2. The summed E-state index contributed by atoms with van der Waals surface area (Å²) < 4.78 is 0. The first-order valence-electron chi connectivity index (χ1n) is 7.37. The Kier molecular flexibility index (Phi) is 4.22. The predicted molar refractivity (Wildman–Crippen MR) is 82.0 cm³/mol. The molecule has 3 rings (SSSR count). The summed E-state index contributed by atoms with van der Waals surface area (Å²) in [6.45, 7) is 0.947. The first-order valence-corrected chi connectivity index (χ1v) is 7.37. The second kappa shape index (κ2) is 6.12. The molecule has 0 amide bonds. The van der Waals surface area contributed by atoms with Gasteiger partial charge in [-0.2, -0.15) is 0 Å². The van der Waals surface area contributed by atoms with E-state index in [1.807, 2.05) is 47.4 Å². The smallest absolute Gasteiger partial charge is 0.0923 e. The van der Waals surface area contributed by atoms with Gasteiger partial charge in [-0.3, -0.25) is 4.90 Å². The summed E-state index contributed by atoms with van der Waals surface area (Å²) in [5, 5.41) is 31.8. The second-order valence-corrected chi connectivity index (χ2v) is 5.76. The second-order valence-electron chi connectivity index (χ2n) is 5.76. The average molecular weight is 287 g/mol. The largest absolute Gasteiger partial charge is 0.395 e. The third-order valence-corrected chi connectivity index (χ3v) is 4.31. The third kappa shape index (κ3) is 2.94. The number of likely N-dealkylation sites (tertiary alicyclic amines) is 1. The molecule has 4 nitrogen and oxygen atoms in total. The van der Waals surface area contributed by atoms with Crippen molar-refractivity contribution in [3.63, 3.8) is 0 Å². The van der Waals surface area contributed by atoms with E-state index in [4.69, 9.17) is 0 Å². The molecule has 0 bridgehead atoms. The van der Waals surface area contributed by atoms with E-state index < -0.39 is 12.2 Å². The summed E-state index contributed by atoms with van der Waals surface area (Å²) in [5.41, 5.74) is 0.895. The summed E-state index contributed by atoms with van der Waals surface area (Å²) in [4.78, 5) is 1.97. The van der Waals surface area contributed by atoms with Gasteiger partial charge in [0.1, 0.15) is 0 Å². The molecule has 0 radical (unpaired) electrons. The van der Waals surface area contributed by atoms with E-state index in [0.717, 1.165) is 16.3 Å². The Morgan fingerprint density at radius 2 is 1.90 bits per heavy atom. The molecule has 0 unspecified atom stereocenters. The highest BCUT2D eigenvalue weighted by Gasteiger charge is 2.31. The van der Waals surface area contributed by atoms with Gasteiger partial charge in [-0.05, 0) is 22.8 Å². The van der Waals surface area contributed by atoms with Crippen LogP contribution in [0.1, 0.15) is 18.1 Å². The van der Waals surface area contributed by atoms with Crippen LogP contribution in [-0.4, -0.2) is 52.1 Å².